The molecule has 2 rings (SSSR count). The summed E-state index contributed by atoms with van der Waals surface area (Å²) in [6, 6.07) is 9.07. The van der Waals surface area contributed by atoms with Crippen molar-refractivity contribution in [3.8, 4) is 5.75 Å². The predicted molar refractivity (Wildman–Crippen MR) is 84.0 cm³/mol. The van der Waals surface area contributed by atoms with Crippen LogP contribution in [0.5, 0.6) is 5.75 Å². The lowest BCUT2D eigenvalue weighted by molar-refractivity contribution is 0.128. The van der Waals surface area contributed by atoms with E-state index < -0.39 is 0 Å². The molecule has 0 aliphatic carbocycles. The number of benzene rings is 1. The molecule has 1 aliphatic rings. The Kier molecular flexibility index (Phi) is 5.86. The number of nitrogens with zero attached hydrogens (tertiary/aromatic N) is 1. The van der Waals surface area contributed by atoms with E-state index in [1.54, 1.807) is 0 Å². The fourth-order valence-electron chi connectivity index (χ4n) is 3.10. The van der Waals surface area contributed by atoms with Crippen LogP contribution in [0.2, 0.25) is 0 Å². The van der Waals surface area contributed by atoms with Crippen LogP contribution in [0.25, 0.3) is 0 Å². The highest BCUT2D eigenvalue weighted by atomic mass is 16.5. The Hall–Kier alpha value is -1.06. The molecule has 112 valence electrons. The number of likely N-dealkylation sites (tertiary alicyclic amines) is 1. The van der Waals surface area contributed by atoms with Crippen LogP contribution < -0.4 is 10.5 Å². The van der Waals surface area contributed by atoms with Gasteiger partial charge in [-0.25, -0.2) is 0 Å². The van der Waals surface area contributed by atoms with Gasteiger partial charge in [0.05, 0.1) is 12.6 Å². The average Bonchev–Trinajstić information content (AvgIpc) is 2.46. The Morgan fingerprint density at radius 3 is 2.90 bits per heavy atom. The summed E-state index contributed by atoms with van der Waals surface area (Å²) in [4.78, 5) is 2.53. The van der Waals surface area contributed by atoms with Gasteiger partial charge >= 0.3 is 0 Å². The third-order valence-corrected chi connectivity index (χ3v) is 3.97. The molecule has 0 bridgehead atoms. The molecule has 0 aromatic heterocycles. The van der Waals surface area contributed by atoms with Gasteiger partial charge in [-0.15, -0.1) is 0 Å². The first-order valence-electron chi connectivity index (χ1n) is 7.98. The zero-order valence-corrected chi connectivity index (χ0v) is 12.8. The van der Waals surface area contributed by atoms with E-state index in [-0.39, 0.29) is 6.04 Å². The molecule has 1 aromatic rings. The van der Waals surface area contributed by atoms with Gasteiger partial charge in [0.25, 0.3) is 0 Å². The van der Waals surface area contributed by atoms with Gasteiger partial charge in [-0.3, -0.25) is 4.90 Å². The molecule has 3 heteroatoms. The number of rotatable bonds is 6. The highest BCUT2D eigenvalue weighted by molar-refractivity contribution is 5.31. The minimum Gasteiger partial charge on any atom is -0.494 e. The number of hydrogen-bond acceptors (Lipinski definition) is 3. The lowest BCUT2D eigenvalue weighted by Crippen LogP contribution is -2.46. The molecule has 1 heterocycles. The molecule has 2 atom stereocenters. The van der Waals surface area contributed by atoms with Crippen LogP contribution in [0.15, 0.2) is 24.3 Å². The Morgan fingerprint density at radius 2 is 2.15 bits per heavy atom. The number of nitrogens with two attached hydrogens (primary N) is 1. The first-order valence-corrected chi connectivity index (χ1v) is 7.98. The van der Waals surface area contributed by atoms with E-state index in [0.717, 1.165) is 38.3 Å². The van der Waals surface area contributed by atoms with Gasteiger partial charge in [0, 0.05) is 6.04 Å². The minimum atomic E-state index is 0.233. The number of piperidine rings is 1. The van der Waals surface area contributed by atoms with Crippen molar-refractivity contribution >= 4 is 0 Å². The second-order valence-corrected chi connectivity index (χ2v) is 5.71. The fraction of sp³-hybridized carbons (Fsp3) is 0.647. The Labute approximate surface area is 123 Å². The molecule has 0 saturated carbocycles. The van der Waals surface area contributed by atoms with Gasteiger partial charge in [-0.1, -0.05) is 26.0 Å². The smallest absolute Gasteiger partial charge is 0.119 e. The van der Waals surface area contributed by atoms with Crippen molar-refractivity contribution in [2.24, 2.45) is 5.73 Å². The van der Waals surface area contributed by atoms with E-state index in [9.17, 15) is 0 Å². The van der Waals surface area contributed by atoms with E-state index in [4.69, 9.17) is 10.5 Å². The molecule has 0 spiro atoms. The summed E-state index contributed by atoms with van der Waals surface area (Å²) in [7, 11) is 0. The zero-order valence-electron chi connectivity index (χ0n) is 12.8. The number of ether oxygens (including phenoxy) is 1. The Morgan fingerprint density at radius 1 is 1.30 bits per heavy atom. The molecule has 3 nitrogen and oxygen atoms in total. The first kappa shape index (κ1) is 15.3. The summed E-state index contributed by atoms with van der Waals surface area (Å²) >= 11 is 0. The molecular weight excluding hydrogens is 248 g/mol. The van der Waals surface area contributed by atoms with Gasteiger partial charge < -0.3 is 10.5 Å². The lowest BCUT2D eigenvalue weighted by Gasteiger charge is -2.40. The Bertz CT molecular complexity index is 406. The van der Waals surface area contributed by atoms with Crippen LogP contribution in [0.1, 0.15) is 51.1 Å². The summed E-state index contributed by atoms with van der Waals surface area (Å²) in [5, 5.41) is 0. The van der Waals surface area contributed by atoms with Crippen LogP contribution in [-0.2, 0) is 0 Å². The molecule has 1 aromatic carbocycles. The van der Waals surface area contributed by atoms with Crippen LogP contribution >= 0.6 is 0 Å². The van der Waals surface area contributed by atoms with Gasteiger partial charge in [-0.05, 0) is 56.5 Å². The lowest BCUT2D eigenvalue weighted by atomic mass is 9.90. The summed E-state index contributed by atoms with van der Waals surface area (Å²) < 4.78 is 5.76. The van der Waals surface area contributed by atoms with Crippen molar-refractivity contribution in [3.63, 3.8) is 0 Å². The van der Waals surface area contributed by atoms with Crippen LogP contribution in [-0.4, -0.2) is 30.6 Å². The van der Waals surface area contributed by atoms with Crippen molar-refractivity contribution in [1.82, 2.24) is 4.90 Å². The predicted octanol–water partition coefficient (Wildman–Crippen LogP) is 3.35. The second kappa shape index (κ2) is 7.65. The molecule has 0 amide bonds. The maximum atomic E-state index is 6.40. The number of hydrogen-bond donors (Lipinski definition) is 1. The summed E-state index contributed by atoms with van der Waals surface area (Å²) in [5.41, 5.74) is 7.70. The van der Waals surface area contributed by atoms with Crippen molar-refractivity contribution in [1.29, 1.82) is 0 Å². The van der Waals surface area contributed by atoms with E-state index in [1.165, 1.54) is 18.4 Å². The van der Waals surface area contributed by atoms with Crippen LogP contribution in [0.4, 0.5) is 0 Å². The maximum absolute atomic E-state index is 6.40. The second-order valence-electron chi connectivity index (χ2n) is 5.71. The molecule has 2 N–H and O–H groups in total. The summed E-state index contributed by atoms with van der Waals surface area (Å²) in [6.45, 7) is 7.42. The minimum absolute atomic E-state index is 0.233. The largest absolute Gasteiger partial charge is 0.494 e. The fourth-order valence-corrected chi connectivity index (χ4v) is 3.10. The quantitative estimate of drug-likeness (QED) is 0.866. The monoisotopic (exact) mass is 276 g/mol. The zero-order chi connectivity index (χ0) is 14.4. The molecule has 20 heavy (non-hydrogen) atoms. The van der Waals surface area contributed by atoms with Crippen LogP contribution in [0.3, 0.4) is 0 Å². The standard InChI is InChI=1S/C17H28N2O/c1-3-10-19-11-6-9-16(18)17(19)14-7-5-8-15(13-14)20-12-4-2/h5,7-8,13,16-17H,3-4,6,9-12,18H2,1-2H3. The molecule has 2 unspecified atom stereocenters. The topological polar surface area (TPSA) is 38.5 Å². The average molecular weight is 276 g/mol. The van der Waals surface area contributed by atoms with Crippen LogP contribution in [0, 0.1) is 0 Å². The van der Waals surface area contributed by atoms with Gasteiger partial charge in [0.1, 0.15) is 5.75 Å². The summed E-state index contributed by atoms with van der Waals surface area (Å²) in [5.74, 6) is 0.971. The van der Waals surface area contributed by atoms with Gasteiger partial charge in [-0.2, -0.15) is 0 Å². The highest BCUT2D eigenvalue weighted by Gasteiger charge is 2.29. The van der Waals surface area contributed by atoms with Gasteiger partial charge in [0.15, 0.2) is 0 Å². The van der Waals surface area contributed by atoms with E-state index in [1.807, 2.05) is 6.07 Å². The summed E-state index contributed by atoms with van der Waals surface area (Å²) in [6.07, 6.45) is 4.54. The van der Waals surface area contributed by atoms with Gasteiger partial charge in [0.2, 0.25) is 0 Å². The van der Waals surface area contributed by atoms with E-state index in [2.05, 4.69) is 36.9 Å². The Balaban J connectivity index is 2.17. The molecule has 1 aliphatic heterocycles. The molecular formula is C17H28N2O. The molecule has 0 radical (unpaired) electrons. The normalized spacial score (nSPS) is 23.8. The van der Waals surface area contributed by atoms with Crippen molar-refractivity contribution < 1.29 is 4.74 Å². The van der Waals surface area contributed by atoms with Crippen molar-refractivity contribution in [3.05, 3.63) is 29.8 Å². The van der Waals surface area contributed by atoms with Crippen molar-refractivity contribution in [2.45, 2.75) is 51.6 Å². The molecule has 1 fully saturated rings. The van der Waals surface area contributed by atoms with Crippen molar-refractivity contribution in [2.75, 3.05) is 19.7 Å². The maximum Gasteiger partial charge on any atom is 0.119 e. The molecule has 1 saturated heterocycles. The first-order chi connectivity index (χ1) is 9.76. The SMILES string of the molecule is CCCOc1cccc(C2C(N)CCCN2CCC)c1. The van der Waals surface area contributed by atoms with E-state index >= 15 is 0 Å². The third kappa shape index (κ3) is 3.74. The van der Waals surface area contributed by atoms with E-state index in [0.29, 0.717) is 6.04 Å². The third-order valence-electron chi connectivity index (χ3n) is 3.97. The highest BCUT2D eigenvalue weighted by Crippen LogP contribution is 2.32.